The van der Waals surface area contributed by atoms with E-state index in [1.165, 1.54) is 5.56 Å². The minimum absolute atomic E-state index is 0.0555. The number of aryl methyl sites for hydroxylation is 2. The van der Waals surface area contributed by atoms with Crippen LogP contribution in [0.3, 0.4) is 0 Å². The highest BCUT2D eigenvalue weighted by Gasteiger charge is 2.52. The standard InChI is InChI=1S/C31H33F3N2O2/c1-21-27(8-5-17-35-21)36-28(37)24-10-12-26-23(18-24)9-11-25-20-29(38,14-16-31(32,33)34)13-15-30(25,26)19-22-6-3-2-4-7-22/h2-8,10,12,17-18,25,38H,9,11,13-16,19-20H2,1H3,(H,36,37)/t25?,29-,30?/m0/s1. The molecule has 0 spiro atoms. The van der Waals surface area contributed by atoms with Crippen LogP contribution in [0.5, 0.6) is 0 Å². The number of nitrogens with one attached hydrogen (secondary N) is 1. The molecule has 4 nitrogen and oxygen atoms in total. The number of rotatable bonds is 6. The maximum Gasteiger partial charge on any atom is 0.389 e. The SMILES string of the molecule is Cc1ncccc1NC(=O)c1ccc2c(c1)CCC1C[C@@](O)(CCC(F)(F)F)CCC21Cc1ccccc1. The number of aliphatic hydroxyl groups is 1. The summed E-state index contributed by atoms with van der Waals surface area (Å²) in [6.07, 6.45) is -0.289. The van der Waals surface area contributed by atoms with Gasteiger partial charge in [0, 0.05) is 23.6 Å². The number of halogens is 3. The van der Waals surface area contributed by atoms with Crippen LogP contribution in [0, 0.1) is 12.8 Å². The van der Waals surface area contributed by atoms with E-state index in [9.17, 15) is 23.1 Å². The first kappa shape index (κ1) is 26.4. The minimum Gasteiger partial charge on any atom is -0.390 e. The summed E-state index contributed by atoms with van der Waals surface area (Å²) in [7, 11) is 0. The predicted octanol–water partition coefficient (Wildman–Crippen LogP) is 6.94. The van der Waals surface area contributed by atoms with E-state index in [4.69, 9.17) is 0 Å². The Hall–Kier alpha value is -3.19. The molecule has 200 valence electrons. The molecule has 0 saturated heterocycles. The highest BCUT2D eigenvalue weighted by Crippen LogP contribution is 2.55. The molecule has 0 aliphatic heterocycles. The van der Waals surface area contributed by atoms with Crippen LogP contribution in [0.4, 0.5) is 18.9 Å². The lowest BCUT2D eigenvalue weighted by Crippen LogP contribution is -2.51. The topological polar surface area (TPSA) is 62.2 Å². The molecule has 2 aromatic carbocycles. The monoisotopic (exact) mass is 522 g/mol. The lowest BCUT2D eigenvalue weighted by Gasteiger charge is -2.53. The van der Waals surface area contributed by atoms with Crippen molar-refractivity contribution in [2.24, 2.45) is 5.92 Å². The molecule has 0 bridgehead atoms. The first-order chi connectivity index (χ1) is 18.1. The number of anilines is 1. The fraction of sp³-hybridized carbons (Fsp3) is 0.419. The second kappa shape index (κ2) is 10.2. The Morgan fingerprint density at radius 3 is 2.63 bits per heavy atom. The van der Waals surface area contributed by atoms with Crippen molar-refractivity contribution in [3.8, 4) is 0 Å². The Morgan fingerprint density at radius 2 is 1.89 bits per heavy atom. The van der Waals surface area contributed by atoms with Crippen LogP contribution < -0.4 is 5.32 Å². The van der Waals surface area contributed by atoms with Crippen LogP contribution in [0.25, 0.3) is 0 Å². The van der Waals surface area contributed by atoms with Crippen LogP contribution >= 0.6 is 0 Å². The van der Waals surface area contributed by atoms with Gasteiger partial charge in [0.1, 0.15) is 0 Å². The third kappa shape index (κ3) is 5.48. The molecule has 1 saturated carbocycles. The van der Waals surface area contributed by atoms with E-state index >= 15 is 0 Å². The van der Waals surface area contributed by atoms with Crippen LogP contribution in [0.2, 0.25) is 0 Å². The van der Waals surface area contributed by atoms with Gasteiger partial charge in [-0.2, -0.15) is 13.2 Å². The second-order valence-electron chi connectivity index (χ2n) is 11.1. The first-order valence-corrected chi connectivity index (χ1v) is 13.3. The average Bonchev–Trinajstić information content (AvgIpc) is 2.89. The number of nitrogens with zero attached hydrogens (tertiary/aromatic N) is 1. The highest BCUT2D eigenvalue weighted by molar-refractivity contribution is 6.04. The van der Waals surface area contributed by atoms with E-state index in [0.717, 1.165) is 36.1 Å². The smallest absolute Gasteiger partial charge is 0.389 e. The molecule has 38 heavy (non-hydrogen) atoms. The summed E-state index contributed by atoms with van der Waals surface area (Å²) >= 11 is 0. The van der Waals surface area contributed by atoms with E-state index in [-0.39, 0.29) is 23.7 Å². The average molecular weight is 523 g/mol. The third-order valence-corrected chi connectivity index (χ3v) is 8.60. The first-order valence-electron chi connectivity index (χ1n) is 13.3. The molecule has 0 radical (unpaired) electrons. The zero-order chi connectivity index (χ0) is 27.0. The van der Waals surface area contributed by atoms with Gasteiger partial charge in [0.2, 0.25) is 0 Å². The van der Waals surface area contributed by atoms with Crippen molar-refractivity contribution in [2.45, 2.75) is 75.5 Å². The van der Waals surface area contributed by atoms with Crippen LogP contribution in [-0.2, 0) is 18.3 Å². The van der Waals surface area contributed by atoms with Gasteiger partial charge in [-0.15, -0.1) is 0 Å². The number of hydrogen-bond acceptors (Lipinski definition) is 3. The Morgan fingerprint density at radius 1 is 1.11 bits per heavy atom. The molecular formula is C31H33F3N2O2. The molecule has 2 N–H and O–H groups in total. The number of pyridine rings is 1. The summed E-state index contributed by atoms with van der Waals surface area (Å²) in [5.74, 6) is -0.145. The molecule has 7 heteroatoms. The van der Waals surface area contributed by atoms with E-state index in [1.807, 2.05) is 49.4 Å². The highest BCUT2D eigenvalue weighted by atomic mass is 19.4. The number of fused-ring (bicyclic) bond motifs is 3. The third-order valence-electron chi connectivity index (χ3n) is 8.60. The second-order valence-corrected chi connectivity index (χ2v) is 11.1. The minimum atomic E-state index is -4.28. The fourth-order valence-corrected chi connectivity index (χ4v) is 6.61. The number of alkyl halides is 3. The zero-order valence-electron chi connectivity index (χ0n) is 21.5. The number of carbonyl (C=O) groups excluding carboxylic acids is 1. The van der Waals surface area contributed by atoms with E-state index < -0.39 is 18.2 Å². The maximum absolute atomic E-state index is 13.1. The fourth-order valence-electron chi connectivity index (χ4n) is 6.61. The van der Waals surface area contributed by atoms with E-state index in [1.54, 1.807) is 12.3 Å². The summed E-state index contributed by atoms with van der Waals surface area (Å²) in [6.45, 7) is 1.84. The van der Waals surface area contributed by atoms with Crippen molar-refractivity contribution < 1.29 is 23.1 Å². The van der Waals surface area contributed by atoms with Crippen LogP contribution in [0.1, 0.15) is 71.3 Å². The Bertz CT molecular complexity index is 1310. The van der Waals surface area contributed by atoms with Crippen molar-refractivity contribution in [1.82, 2.24) is 4.98 Å². The molecule has 3 aromatic rings. The summed E-state index contributed by atoms with van der Waals surface area (Å²) in [6, 6.07) is 19.6. The quantitative estimate of drug-likeness (QED) is 0.369. The maximum atomic E-state index is 13.1. The zero-order valence-corrected chi connectivity index (χ0v) is 21.5. The Labute approximate surface area is 221 Å². The molecular weight excluding hydrogens is 489 g/mol. The summed E-state index contributed by atoms with van der Waals surface area (Å²) in [4.78, 5) is 17.3. The lowest BCUT2D eigenvalue weighted by molar-refractivity contribution is -0.153. The van der Waals surface area contributed by atoms with Crippen molar-refractivity contribution in [1.29, 1.82) is 0 Å². The van der Waals surface area contributed by atoms with Crippen LogP contribution in [0.15, 0.2) is 66.9 Å². The summed E-state index contributed by atoms with van der Waals surface area (Å²) in [5, 5.41) is 14.2. The molecule has 2 unspecified atom stereocenters. The van der Waals surface area contributed by atoms with Crippen molar-refractivity contribution in [3.05, 3.63) is 94.8 Å². The molecule has 1 heterocycles. The molecule has 1 amide bonds. The van der Waals surface area contributed by atoms with Crippen molar-refractivity contribution in [2.75, 3.05) is 5.32 Å². The molecule has 3 atom stereocenters. The van der Waals surface area contributed by atoms with Gasteiger partial charge < -0.3 is 10.4 Å². The summed E-state index contributed by atoms with van der Waals surface area (Å²) < 4.78 is 39.0. The van der Waals surface area contributed by atoms with Crippen LogP contribution in [-0.4, -0.2) is 27.8 Å². The summed E-state index contributed by atoms with van der Waals surface area (Å²) in [5.41, 5.74) is 3.80. The van der Waals surface area contributed by atoms with E-state index in [0.29, 0.717) is 30.5 Å². The largest absolute Gasteiger partial charge is 0.390 e. The molecule has 2 aliphatic rings. The molecule has 1 fully saturated rings. The van der Waals surface area contributed by atoms with Gasteiger partial charge in [0.05, 0.1) is 17.0 Å². The van der Waals surface area contributed by atoms with Gasteiger partial charge in [-0.25, -0.2) is 0 Å². The Kier molecular flexibility index (Phi) is 7.07. The van der Waals surface area contributed by atoms with Gasteiger partial charge in [0.15, 0.2) is 0 Å². The van der Waals surface area contributed by atoms with Gasteiger partial charge in [-0.1, -0.05) is 36.4 Å². The predicted molar refractivity (Wildman–Crippen MR) is 141 cm³/mol. The molecule has 2 aliphatic carbocycles. The number of carbonyl (C=O) groups is 1. The molecule has 1 aromatic heterocycles. The number of benzene rings is 2. The van der Waals surface area contributed by atoms with Gasteiger partial charge in [0.25, 0.3) is 5.91 Å². The van der Waals surface area contributed by atoms with Crippen molar-refractivity contribution >= 4 is 11.6 Å². The molecule has 5 rings (SSSR count). The Balaban J connectivity index is 1.46. The van der Waals surface area contributed by atoms with E-state index in [2.05, 4.69) is 22.4 Å². The van der Waals surface area contributed by atoms with Gasteiger partial charge in [-0.3, -0.25) is 9.78 Å². The lowest BCUT2D eigenvalue weighted by atomic mass is 9.52. The van der Waals surface area contributed by atoms with Gasteiger partial charge >= 0.3 is 6.18 Å². The number of hydrogen-bond donors (Lipinski definition) is 2. The number of amides is 1. The number of aromatic nitrogens is 1. The van der Waals surface area contributed by atoms with Gasteiger partial charge in [-0.05, 0) is 98.7 Å². The normalized spacial score (nSPS) is 24.8. The van der Waals surface area contributed by atoms with Crippen molar-refractivity contribution in [3.63, 3.8) is 0 Å².